The summed E-state index contributed by atoms with van der Waals surface area (Å²) < 4.78 is 0. The lowest BCUT2D eigenvalue weighted by Gasteiger charge is -2.15. The molecule has 1 nitrogen and oxygen atoms in total. The van der Waals surface area contributed by atoms with Gasteiger partial charge in [-0.25, -0.2) is 0 Å². The number of unbranched alkanes of at least 4 members (excludes halogenated alkanes) is 3. The maximum atomic E-state index is 6.26. The maximum absolute atomic E-state index is 6.26. The molecular weight excluding hydrogens is 206 g/mol. The predicted octanol–water partition coefficient (Wildman–Crippen LogP) is 4.44. The molecule has 1 aromatic carbocycles. The van der Waals surface area contributed by atoms with Gasteiger partial charge in [0, 0.05) is 6.04 Å². The molecule has 0 aliphatic heterocycles. The molecule has 1 heteroatoms. The fourth-order valence-corrected chi connectivity index (χ4v) is 2.14. The molecule has 17 heavy (non-hydrogen) atoms. The van der Waals surface area contributed by atoms with E-state index in [0.717, 1.165) is 12.8 Å². The van der Waals surface area contributed by atoms with Crippen LogP contribution in [0.3, 0.4) is 0 Å². The van der Waals surface area contributed by atoms with E-state index in [0.29, 0.717) is 0 Å². The van der Waals surface area contributed by atoms with Gasteiger partial charge in [-0.2, -0.15) is 0 Å². The molecule has 0 aliphatic rings. The first-order valence-electron chi connectivity index (χ1n) is 6.58. The average molecular weight is 231 g/mol. The van der Waals surface area contributed by atoms with Gasteiger partial charge in [-0.05, 0) is 44.2 Å². The van der Waals surface area contributed by atoms with Crippen molar-refractivity contribution in [2.45, 2.75) is 52.0 Å². The molecule has 0 radical (unpaired) electrons. The van der Waals surface area contributed by atoms with E-state index in [-0.39, 0.29) is 6.04 Å². The summed E-state index contributed by atoms with van der Waals surface area (Å²) in [5.41, 5.74) is 10.2. The van der Waals surface area contributed by atoms with Crippen molar-refractivity contribution in [3.05, 3.63) is 47.5 Å². The molecule has 0 heterocycles. The van der Waals surface area contributed by atoms with Crippen molar-refractivity contribution >= 4 is 0 Å². The Balaban J connectivity index is 2.43. The van der Waals surface area contributed by atoms with Gasteiger partial charge in [-0.3, -0.25) is 0 Å². The van der Waals surface area contributed by atoms with E-state index in [1.54, 1.807) is 0 Å². The van der Waals surface area contributed by atoms with Gasteiger partial charge in [0.1, 0.15) is 0 Å². The Morgan fingerprint density at radius 1 is 1.24 bits per heavy atom. The summed E-state index contributed by atoms with van der Waals surface area (Å²) >= 11 is 0. The van der Waals surface area contributed by atoms with Crippen LogP contribution >= 0.6 is 0 Å². The van der Waals surface area contributed by atoms with Crippen LogP contribution in [-0.2, 0) is 0 Å². The third-order valence-electron chi connectivity index (χ3n) is 3.26. The number of rotatable bonds is 7. The topological polar surface area (TPSA) is 26.0 Å². The Morgan fingerprint density at radius 2 is 2.00 bits per heavy atom. The summed E-state index contributed by atoms with van der Waals surface area (Å²) in [6, 6.07) is 6.74. The fraction of sp³-hybridized carbons (Fsp3) is 0.500. The zero-order valence-electron chi connectivity index (χ0n) is 11.2. The van der Waals surface area contributed by atoms with Crippen LogP contribution in [0.2, 0.25) is 0 Å². The molecule has 0 aromatic heterocycles. The molecule has 0 spiro atoms. The maximum Gasteiger partial charge on any atom is 0.0297 e. The van der Waals surface area contributed by atoms with E-state index in [1.165, 1.54) is 36.0 Å². The molecule has 0 bridgehead atoms. The second-order valence-corrected chi connectivity index (χ2v) is 4.89. The van der Waals surface area contributed by atoms with Crippen molar-refractivity contribution in [1.29, 1.82) is 0 Å². The van der Waals surface area contributed by atoms with Crippen molar-refractivity contribution < 1.29 is 0 Å². The Hall–Kier alpha value is -1.08. The van der Waals surface area contributed by atoms with Crippen molar-refractivity contribution in [2.75, 3.05) is 0 Å². The minimum atomic E-state index is 0.193. The summed E-state index contributed by atoms with van der Waals surface area (Å²) in [7, 11) is 0. The van der Waals surface area contributed by atoms with Gasteiger partial charge in [0.05, 0.1) is 0 Å². The molecule has 0 amide bonds. The van der Waals surface area contributed by atoms with Gasteiger partial charge in [-0.15, -0.1) is 6.58 Å². The first kappa shape index (κ1) is 14.0. The molecule has 1 aromatic rings. The lowest BCUT2D eigenvalue weighted by molar-refractivity contribution is 0.570. The smallest absolute Gasteiger partial charge is 0.0297 e. The molecule has 94 valence electrons. The van der Waals surface area contributed by atoms with Crippen molar-refractivity contribution in [2.24, 2.45) is 5.73 Å². The second-order valence-electron chi connectivity index (χ2n) is 4.89. The normalized spacial score (nSPS) is 12.4. The molecule has 1 rings (SSSR count). The van der Waals surface area contributed by atoms with E-state index in [9.17, 15) is 0 Å². The predicted molar refractivity (Wildman–Crippen MR) is 76.1 cm³/mol. The Morgan fingerprint density at radius 3 is 2.71 bits per heavy atom. The number of hydrogen-bond acceptors (Lipinski definition) is 1. The van der Waals surface area contributed by atoms with Crippen LogP contribution in [0.5, 0.6) is 0 Å². The van der Waals surface area contributed by atoms with E-state index < -0.39 is 0 Å². The highest BCUT2D eigenvalue weighted by Crippen LogP contribution is 2.22. The lowest BCUT2D eigenvalue weighted by atomic mass is 9.95. The number of benzene rings is 1. The summed E-state index contributed by atoms with van der Waals surface area (Å²) in [5, 5.41) is 0. The second kappa shape index (κ2) is 7.29. The standard InChI is InChI=1S/C16H25N/c1-4-5-6-7-8-9-16(17)15-12-13(2)10-11-14(15)3/h4,10-12,16H,1,5-9,17H2,2-3H3. The van der Waals surface area contributed by atoms with Crippen LogP contribution in [0.4, 0.5) is 0 Å². The largest absolute Gasteiger partial charge is 0.324 e. The third kappa shape index (κ3) is 4.74. The molecule has 0 fully saturated rings. The summed E-state index contributed by atoms with van der Waals surface area (Å²) in [5.74, 6) is 0. The van der Waals surface area contributed by atoms with E-state index in [1.807, 2.05) is 6.08 Å². The van der Waals surface area contributed by atoms with Gasteiger partial charge >= 0.3 is 0 Å². The van der Waals surface area contributed by atoms with Crippen LogP contribution in [0.1, 0.15) is 54.8 Å². The number of hydrogen-bond donors (Lipinski definition) is 1. The Bertz CT molecular complexity index is 355. The van der Waals surface area contributed by atoms with Crippen LogP contribution in [0.25, 0.3) is 0 Å². The summed E-state index contributed by atoms with van der Waals surface area (Å²) in [4.78, 5) is 0. The van der Waals surface area contributed by atoms with Crippen molar-refractivity contribution in [3.63, 3.8) is 0 Å². The molecule has 0 saturated heterocycles. The van der Waals surface area contributed by atoms with Crippen molar-refractivity contribution in [3.8, 4) is 0 Å². The van der Waals surface area contributed by atoms with Gasteiger partial charge in [-0.1, -0.05) is 42.7 Å². The Kier molecular flexibility index (Phi) is 5.99. The first-order chi connectivity index (χ1) is 8.15. The lowest BCUT2D eigenvalue weighted by Crippen LogP contribution is -2.11. The number of nitrogens with two attached hydrogens (primary N) is 1. The Labute approximate surface area is 106 Å². The molecule has 0 aliphatic carbocycles. The SMILES string of the molecule is C=CCCCCCC(N)c1cc(C)ccc1C. The number of allylic oxidation sites excluding steroid dienone is 1. The number of aryl methyl sites for hydroxylation is 2. The summed E-state index contributed by atoms with van der Waals surface area (Å²) in [6.45, 7) is 8.01. The van der Waals surface area contributed by atoms with Gasteiger partial charge in [0.25, 0.3) is 0 Å². The van der Waals surface area contributed by atoms with Crippen LogP contribution in [-0.4, -0.2) is 0 Å². The molecule has 1 unspecified atom stereocenters. The van der Waals surface area contributed by atoms with Crippen LogP contribution in [0.15, 0.2) is 30.9 Å². The highest BCUT2D eigenvalue weighted by molar-refractivity contribution is 5.32. The minimum absolute atomic E-state index is 0.193. The minimum Gasteiger partial charge on any atom is -0.324 e. The molecule has 2 N–H and O–H groups in total. The van der Waals surface area contributed by atoms with Crippen LogP contribution < -0.4 is 5.73 Å². The monoisotopic (exact) mass is 231 g/mol. The van der Waals surface area contributed by atoms with E-state index >= 15 is 0 Å². The first-order valence-corrected chi connectivity index (χ1v) is 6.58. The highest BCUT2D eigenvalue weighted by Gasteiger charge is 2.08. The van der Waals surface area contributed by atoms with E-state index in [2.05, 4.69) is 38.6 Å². The van der Waals surface area contributed by atoms with E-state index in [4.69, 9.17) is 5.73 Å². The fourth-order valence-electron chi connectivity index (χ4n) is 2.14. The quantitative estimate of drug-likeness (QED) is 0.545. The molecular formula is C16H25N. The summed E-state index contributed by atoms with van der Waals surface area (Å²) in [6.07, 6.45) is 7.90. The average Bonchev–Trinajstić information content (AvgIpc) is 2.32. The van der Waals surface area contributed by atoms with Gasteiger partial charge < -0.3 is 5.73 Å². The molecule has 0 saturated carbocycles. The van der Waals surface area contributed by atoms with Gasteiger partial charge in [0.2, 0.25) is 0 Å². The zero-order valence-corrected chi connectivity index (χ0v) is 11.2. The van der Waals surface area contributed by atoms with Gasteiger partial charge in [0.15, 0.2) is 0 Å². The third-order valence-corrected chi connectivity index (χ3v) is 3.26. The highest BCUT2D eigenvalue weighted by atomic mass is 14.6. The molecule has 1 atom stereocenters. The van der Waals surface area contributed by atoms with Crippen LogP contribution in [0, 0.1) is 13.8 Å². The van der Waals surface area contributed by atoms with Crippen molar-refractivity contribution in [1.82, 2.24) is 0 Å². The zero-order chi connectivity index (χ0) is 12.7.